The third kappa shape index (κ3) is 5.06. The molecule has 0 aliphatic heterocycles. The number of methoxy groups -OCH3 is 2. The molecule has 33 heavy (non-hydrogen) atoms. The quantitative estimate of drug-likeness (QED) is 0.538. The molecule has 8 nitrogen and oxygen atoms in total. The number of aromatic nitrogens is 2. The zero-order valence-corrected chi connectivity index (χ0v) is 19.8. The zero-order chi connectivity index (χ0) is 23.4. The van der Waals surface area contributed by atoms with E-state index in [1.54, 1.807) is 32.4 Å². The molecular formula is C25H32N4O4. The average Bonchev–Trinajstić information content (AvgIpc) is 3.46. The summed E-state index contributed by atoms with van der Waals surface area (Å²) >= 11 is 0. The first-order chi connectivity index (χ1) is 16.0. The van der Waals surface area contributed by atoms with Crippen LogP contribution in [0.5, 0.6) is 11.5 Å². The van der Waals surface area contributed by atoms with Gasteiger partial charge in [-0.2, -0.15) is 5.10 Å². The lowest BCUT2D eigenvalue weighted by molar-refractivity contribution is 0.0767. The van der Waals surface area contributed by atoms with Crippen LogP contribution in [-0.4, -0.2) is 54.4 Å². The highest BCUT2D eigenvalue weighted by Gasteiger charge is 2.29. The lowest BCUT2D eigenvalue weighted by Crippen LogP contribution is -2.37. The monoisotopic (exact) mass is 452 g/mol. The number of carbonyl (C=O) groups is 1. The topological polar surface area (TPSA) is 81.8 Å². The molecule has 1 atom stereocenters. The van der Waals surface area contributed by atoms with Gasteiger partial charge in [-0.3, -0.25) is 9.48 Å². The number of fused-ring (bicyclic) bond motifs is 1. The van der Waals surface area contributed by atoms with Crippen LogP contribution in [0.2, 0.25) is 0 Å². The third-order valence-electron chi connectivity index (χ3n) is 6.27. The summed E-state index contributed by atoms with van der Waals surface area (Å²) in [6.45, 7) is 1.27. The average molecular weight is 453 g/mol. The minimum atomic E-state index is -0.0748. The number of hydrogen-bond acceptors (Lipinski definition) is 6. The first-order valence-corrected chi connectivity index (χ1v) is 11.3. The molecule has 3 aromatic rings. The molecular weight excluding hydrogens is 420 g/mol. The van der Waals surface area contributed by atoms with E-state index in [1.807, 2.05) is 36.0 Å². The van der Waals surface area contributed by atoms with E-state index in [0.717, 1.165) is 60.7 Å². The molecule has 0 fully saturated rings. The summed E-state index contributed by atoms with van der Waals surface area (Å²) in [5.74, 6) is 2.16. The largest absolute Gasteiger partial charge is 0.493 e. The molecule has 0 spiro atoms. The van der Waals surface area contributed by atoms with Gasteiger partial charge < -0.3 is 24.1 Å². The Morgan fingerprint density at radius 1 is 1.27 bits per heavy atom. The number of amides is 1. The number of rotatable bonds is 9. The molecule has 0 saturated carbocycles. The fourth-order valence-corrected chi connectivity index (χ4v) is 4.48. The first kappa shape index (κ1) is 22.9. The Morgan fingerprint density at radius 2 is 2.09 bits per heavy atom. The fourth-order valence-electron chi connectivity index (χ4n) is 4.48. The van der Waals surface area contributed by atoms with Crippen molar-refractivity contribution in [3.8, 4) is 11.5 Å². The normalized spacial score (nSPS) is 15.2. The summed E-state index contributed by atoms with van der Waals surface area (Å²) in [4.78, 5) is 14.8. The zero-order valence-electron chi connectivity index (χ0n) is 19.8. The van der Waals surface area contributed by atoms with Gasteiger partial charge in [0, 0.05) is 31.4 Å². The Bertz CT molecular complexity index is 1090. The summed E-state index contributed by atoms with van der Waals surface area (Å²) in [6.07, 6.45) is 5.23. The van der Waals surface area contributed by atoms with Crippen molar-refractivity contribution >= 4 is 5.91 Å². The van der Waals surface area contributed by atoms with E-state index in [2.05, 4.69) is 16.5 Å². The lowest BCUT2D eigenvalue weighted by Gasteiger charge is -2.25. The summed E-state index contributed by atoms with van der Waals surface area (Å²) in [5, 5.41) is 8.25. The van der Waals surface area contributed by atoms with Gasteiger partial charge in [0.05, 0.1) is 27.0 Å². The second-order valence-electron chi connectivity index (χ2n) is 8.47. The fraction of sp³-hybridized carbons (Fsp3) is 0.440. The van der Waals surface area contributed by atoms with Crippen LogP contribution in [0.15, 0.2) is 41.0 Å². The van der Waals surface area contributed by atoms with Crippen molar-refractivity contribution in [3.05, 3.63) is 64.9 Å². The van der Waals surface area contributed by atoms with Crippen LogP contribution in [0.1, 0.15) is 39.5 Å². The van der Waals surface area contributed by atoms with Crippen LogP contribution in [0.4, 0.5) is 0 Å². The Labute approximate surface area is 194 Å². The molecule has 1 aliphatic carbocycles. The lowest BCUT2D eigenvalue weighted by atomic mass is 9.91. The predicted molar refractivity (Wildman–Crippen MR) is 125 cm³/mol. The van der Waals surface area contributed by atoms with Gasteiger partial charge in [-0.25, -0.2) is 0 Å². The number of ether oxygens (including phenoxy) is 2. The van der Waals surface area contributed by atoms with Crippen molar-refractivity contribution in [1.82, 2.24) is 20.0 Å². The predicted octanol–water partition coefficient (Wildman–Crippen LogP) is 2.99. The van der Waals surface area contributed by atoms with Crippen LogP contribution >= 0.6 is 0 Å². The number of carbonyl (C=O) groups excluding carboxylic acids is 1. The molecule has 1 amide bonds. The van der Waals surface area contributed by atoms with Crippen molar-refractivity contribution in [2.24, 2.45) is 7.05 Å². The van der Waals surface area contributed by atoms with Gasteiger partial charge >= 0.3 is 0 Å². The smallest absolute Gasteiger partial charge is 0.274 e. The number of aryl methyl sites for hydroxylation is 1. The first-order valence-electron chi connectivity index (χ1n) is 11.3. The van der Waals surface area contributed by atoms with Gasteiger partial charge in [0.15, 0.2) is 17.2 Å². The van der Waals surface area contributed by atoms with Crippen molar-refractivity contribution in [2.45, 2.75) is 38.3 Å². The second-order valence-corrected chi connectivity index (χ2v) is 8.47. The molecule has 176 valence electrons. The molecule has 1 aromatic carbocycles. The molecule has 1 N–H and O–H groups in total. The number of furan rings is 1. The molecule has 1 aliphatic rings. The maximum Gasteiger partial charge on any atom is 0.274 e. The van der Waals surface area contributed by atoms with Crippen LogP contribution in [0.3, 0.4) is 0 Å². The van der Waals surface area contributed by atoms with Crippen molar-refractivity contribution in [1.29, 1.82) is 0 Å². The van der Waals surface area contributed by atoms with Gasteiger partial charge in [0.2, 0.25) is 0 Å². The molecule has 2 aromatic heterocycles. The molecule has 4 rings (SSSR count). The van der Waals surface area contributed by atoms with Crippen molar-refractivity contribution in [3.63, 3.8) is 0 Å². The van der Waals surface area contributed by atoms with Crippen LogP contribution in [0, 0.1) is 0 Å². The molecule has 2 heterocycles. The van der Waals surface area contributed by atoms with E-state index in [1.165, 1.54) is 5.56 Å². The van der Waals surface area contributed by atoms with E-state index in [-0.39, 0.29) is 5.91 Å². The maximum absolute atomic E-state index is 13.1. The van der Waals surface area contributed by atoms with Gasteiger partial charge in [0.25, 0.3) is 5.91 Å². The number of benzene rings is 1. The van der Waals surface area contributed by atoms with Crippen LogP contribution < -0.4 is 14.8 Å². The van der Waals surface area contributed by atoms with E-state index in [0.29, 0.717) is 18.3 Å². The van der Waals surface area contributed by atoms with Gasteiger partial charge in [-0.05, 0) is 62.1 Å². The number of nitrogens with one attached hydrogen (secondary N) is 1. The van der Waals surface area contributed by atoms with Gasteiger partial charge in [-0.15, -0.1) is 0 Å². The Balaban J connectivity index is 1.38. The highest BCUT2D eigenvalue weighted by Crippen LogP contribution is 2.28. The second kappa shape index (κ2) is 10.1. The Kier molecular flexibility index (Phi) is 7.03. The van der Waals surface area contributed by atoms with Crippen LogP contribution in [-0.2, 0) is 32.9 Å². The van der Waals surface area contributed by atoms with Crippen LogP contribution in [0.25, 0.3) is 0 Å². The molecule has 0 bridgehead atoms. The molecule has 1 unspecified atom stereocenters. The highest BCUT2D eigenvalue weighted by atomic mass is 16.5. The summed E-state index contributed by atoms with van der Waals surface area (Å²) in [5.41, 5.74) is 3.95. The van der Waals surface area contributed by atoms with E-state index >= 15 is 0 Å². The summed E-state index contributed by atoms with van der Waals surface area (Å²) < 4.78 is 18.0. The van der Waals surface area contributed by atoms with Gasteiger partial charge in [-0.1, -0.05) is 6.07 Å². The van der Waals surface area contributed by atoms with E-state index in [4.69, 9.17) is 13.9 Å². The third-order valence-corrected chi connectivity index (χ3v) is 6.27. The summed E-state index contributed by atoms with van der Waals surface area (Å²) in [6, 6.07) is 10.0. The van der Waals surface area contributed by atoms with E-state index in [9.17, 15) is 4.79 Å². The Hall–Kier alpha value is -3.26. The minimum absolute atomic E-state index is 0.0748. The number of nitrogens with zero attached hydrogens (tertiary/aromatic N) is 3. The Morgan fingerprint density at radius 3 is 2.82 bits per heavy atom. The minimum Gasteiger partial charge on any atom is -0.493 e. The molecule has 0 saturated heterocycles. The maximum atomic E-state index is 13.1. The molecule has 0 radical (unpaired) electrons. The molecule has 8 heteroatoms. The number of hydrogen-bond donors (Lipinski definition) is 1. The SMILES string of the molecule is COc1ccc(CCNC2CCc3c(c(C(=O)N(C)Cc4ccco4)nn3C)C2)cc1OC. The van der Waals surface area contributed by atoms with E-state index < -0.39 is 0 Å². The highest BCUT2D eigenvalue weighted by molar-refractivity contribution is 5.94. The van der Waals surface area contributed by atoms with Crippen molar-refractivity contribution < 1.29 is 18.7 Å². The van der Waals surface area contributed by atoms with Crippen molar-refractivity contribution in [2.75, 3.05) is 27.8 Å². The van der Waals surface area contributed by atoms with Gasteiger partial charge in [0.1, 0.15) is 5.76 Å². The summed E-state index contributed by atoms with van der Waals surface area (Å²) in [7, 11) is 7.00. The standard InChI is InChI=1S/C25H32N4O4/c1-28(16-19-6-5-13-33-19)25(30)24-20-15-18(8-9-21(20)29(2)27-24)26-12-11-17-7-10-22(31-3)23(14-17)32-4/h5-7,10,13-14,18,26H,8-9,11-12,15-16H2,1-4H3.